The van der Waals surface area contributed by atoms with E-state index in [4.69, 9.17) is 14.0 Å². The summed E-state index contributed by atoms with van der Waals surface area (Å²) >= 11 is 0. The lowest BCUT2D eigenvalue weighted by molar-refractivity contribution is 0.397. The molecule has 0 saturated carbocycles. The molecular formula is C24H22N2O3. The van der Waals surface area contributed by atoms with Crippen molar-refractivity contribution < 1.29 is 14.0 Å². The fourth-order valence-corrected chi connectivity index (χ4v) is 4.22. The van der Waals surface area contributed by atoms with Crippen molar-refractivity contribution in [2.45, 2.75) is 19.4 Å². The van der Waals surface area contributed by atoms with E-state index in [1.807, 2.05) is 30.5 Å². The average molecular weight is 386 g/mol. The van der Waals surface area contributed by atoms with E-state index in [2.05, 4.69) is 40.2 Å². The fourth-order valence-electron chi connectivity index (χ4n) is 4.22. The van der Waals surface area contributed by atoms with Crippen molar-refractivity contribution in [1.82, 2.24) is 9.72 Å². The summed E-state index contributed by atoms with van der Waals surface area (Å²) in [5.41, 5.74) is 7.08. The number of benzene rings is 2. The van der Waals surface area contributed by atoms with Gasteiger partial charge >= 0.3 is 0 Å². The van der Waals surface area contributed by atoms with Gasteiger partial charge in [-0.3, -0.25) is 0 Å². The minimum absolute atomic E-state index is 0.668. The summed E-state index contributed by atoms with van der Waals surface area (Å²) in [5, 5.41) is 4.03. The van der Waals surface area contributed by atoms with Gasteiger partial charge in [0.1, 0.15) is 11.5 Å². The Morgan fingerprint density at radius 1 is 1.03 bits per heavy atom. The molecule has 2 heterocycles. The van der Waals surface area contributed by atoms with Gasteiger partial charge in [0.2, 0.25) is 0 Å². The molecule has 5 heteroatoms. The molecule has 29 heavy (non-hydrogen) atoms. The van der Waals surface area contributed by atoms with Gasteiger partial charge in [-0.2, -0.15) is 0 Å². The Kier molecular flexibility index (Phi) is 4.35. The van der Waals surface area contributed by atoms with Crippen LogP contribution in [0.5, 0.6) is 11.5 Å². The smallest absolute Gasteiger partial charge is 0.171 e. The molecule has 4 aromatic rings. The van der Waals surface area contributed by atoms with Gasteiger partial charge in [-0.05, 0) is 42.2 Å². The minimum Gasteiger partial charge on any atom is -0.497 e. The van der Waals surface area contributed by atoms with Crippen LogP contribution in [0.1, 0.15) is 16.7 Å². The third-order valence-electron chi connectivity index (χ3n) is 5.59. The molecule has 0 unspecified atom stereocenters. The van der Waals surface area contributed by atoms with E-state index in [0.29, 0.717) is 6.54 Å². The maximum absolute atomic E-state index is 5.61. The lowest BCUT2D eigenvalue weighted by Gasteiger charge is -2.16. The van der Waals surface area contributed by atoms with Crippen LogP contribution in [0, 0.1) is 0 Å². The van der Waals surface area contributed by atoms with Gasteiger partial charge in [0, 0.05) is 22.9 Å². The monoisotopic (exact) mass is 386 g/mol. The highest BCUT2D eigenvalue weighted by molar-refractivity contribution is 5.78. The zero-order valence-corrected chi connectivity index (χ0v) is 16.5. The quantitative estimate of drug-likeness (QED) is 0.486. The second-order valence-electron chi connectivity index (χ2n) is 7.22. The van der Waals surface area contributed by atoms with E-state index in [9.17, 15) is 0 Å². The summed E-state index contributed by atoms with van der Waals surface area (Å²) in [6.07, 6.45) is 5.93. The molecule has 2 aromatic heterocycles. The molecule has 0 fully saturated rings. The fraction of sp³-hybridized carbons (Fsp3) is 0.208. The average Bonchev–Trinajstić information content (AvgIpc) is 3.38. The predicted octanol–water partition coefficient (Wildman–Crippen LogP) is 4.97. The molecule has 5 rings (SSSR count). The van der Waals surface area contributed by atoms with E-state index in [1.165, 1.54) is 22.4 Å². The number of methoxy groups -OCH3 is 2. The van der Waals surface area contributed by atoms with Gasteiger partial charge in [0.15, 0.2) is 5.76 Å². The molecule has 0 atom stereocenters. The molecule has 146 valence electrons. The standard InChI is InChI=1S/C24H22N2O3/c1-27-19-9-11-22(28-2)18(12-19)14-26-15-21-20(10-8-17-13-25-29-24(17)21)23(26)16-6-4-3-5-7-16/h3-7,9,11-13,15H,8,10,14H2,1-2H3. The number of rotatable bonds is 5. The van der Waals surface area contributed by atoms with Gasteiger partial charge in [-0.15, -0.1) is 0 Å². The normalized spacial score (nSPS) is 12.3. The van der Waals surface area contributed by atoms with Crippen LogP contribution >= 0.6 is 0 Å². The van der Waals surface area contributed by atoms with Crippen LogP contribution < -0.4 is 9.47 Å². The first-order chi connectivity index (χ1) is 14.3. The maximum atomic E-state index is 5.61. The molecular weight excluding hydrogens is 364 g/mol. The molecule has 0 bridgehead atoms. The molecule has 1 aliphatic carbocycles. The van der Waals surface area contributed by atoms with Crippen molar-refractivity contribution in [3.63, 3.8) is 0 Å². The largest absolute Gasteiger partial charge is 0.497 e. The van der Waals surface area contributed by atoms with E-state index in [1.54, 1.807) is 14.2 Å². The third-order valence-corrected chi connectivity index (χ3v) is 5.59. The highest BCUT2D eigenvalue weighted by Crippen LogP contribution is 2.41. The van der Waals surface area contributed by atoms with Crippen LogP contribution in [0.15, 0.2) is 65.4 Å². The van der Waals surface area contributed by atoms with Gasteiger partial charge in [0.05, 0.1) is 32.7 Å². The molecule has 0 amide bonds. The van der Waals surface area contributed by atoms with Crippen LogP contribution in [0.2, 0.25) is 0 Å². The summed E-state index contributed by atoms with van der Waals surface area (Å²) in [6, 6.07) is 16.4. The highest BCUT2D eigenvalue weighted by Gasteiger charge is 2.27. The van der Waals surface area contributed by atoms with Crippen LogP contribution in [0.3, 0.4) is 0 Å². The molecule has 1 aliphatic rings. The Morgan fingerprint density at radius 2 is 1.90 bits per heavy atom. The van der Waals surface area contributed by atoms with Crippen LogP contribution in [0.4, 0.5) is 0 Å². The second kappa shape index (κ2) is 7.17. The number of fused-ring (bicyclic) bond motifs is 3. The Hall–Kier alpha value is -3.47. The second-order valence-corrected chi connectivity index (χ2v) is 7.22. The van der Waals surface area contributed by atoms with Crippen molar-refractivity contribution in [2.75, 3.05) is 14.2 Å². The van der Waals surface area contributed by atoms with E-state index >= 15 is 0 Å². The topological polar surface area (TPSA) is 49.4 Å². The predicted molar refractivity (Wildman–Crippen MR) is 111 cm³/mol. The number of hydrogen-bond donors (Lipinski definition) is 0. The summed E-state index contributed by atoms with van der Waals surface area (Å²) in [7, 11) is 3.38. The van der Waals surface area contributed by atoms with E-state index < -0.39 is 0 Å². The lowest BCUT2D eigenvalue weighted by Crippen LogP contribution is -2.05. The summed E-state index contributed by atoms with van der Waals surface area (Å²) in [4.78, 5) is 0. The number of aryl methyl sites for hydroxylation is 1. The first-order valence-corrected chi connectivity index (χ1v) is 9.70. The summed E-state index contributed by atoms with van der Waals surface area (Å²) in [5.74, 6) is 2.55. The van der Waals surface area contributed by atoms with Gasteiger partial charge in [-0.25, -0.2) is 0 Å². The Balaban J connectivity index is 1.68. The number of nitrogens with zero attached hydrogens (tertiary/aromatic N) is 2. The van der Waals surface area contributed by atoms with Crippen LogP contribution in [-0.2, 0) is 19.4 Å². The van der Waals surface area contributed by atoms with Gasteiger partial charge in [0.25, 0.3) is 0 Å². The molecule has 0 N–H and O–H groups in total. The number of ether oxygens (including phenoxy) is 2. The van der Waals surface area contributed by atoms with Crippen molar-refractivity contribution in [3.05, 3.63) is 77.6 Å². The summed E-state index contributed by atoms with van der Waals surface area (Å²) in [6.45, 7) is 0.668. The van der Waals surface area contributed by atoms with Crippen molar-refractivity contribution in [2.24, 2.45) is 0 Å². The lowest BCUT2D eigenvalue weighted by atomic mass is 9.91. The van der Waals surface area contributed by atoms with E-state index in [-0.39, 0.29) is 0 Å². The Bertz CT molecular complexity index is 1160. The Morgan fingerprint density at radius 3 is 2.69 bits per heavy atom. The van der Waals surface area contributed by atoms with Crippen LogP contribution in [-0.4, -0.2) is 23.9 Å². The van der Waals surface area contributed by atoms with Crippen molar-refractivity contribution in [3.8, 4) is 34.1 Å². The van der Waals surface area contributed by atoms with Gasteiger partial charge in [-0.1, -0.05) is 35.5 Å². The SMILES string of the molecule is COc1ccc(OC)c(Cn2cc3c(c2-c2ccccc2)CCc2cnoc2-3)c1. The first-order valence-electron chi connectivity index (χ1n) is 9.70. The van der Waals surface area contributed by atoms with Crippen molar-refractivity contribution in [1.29, 1.82) is 0 Å². The van der Waals surface area contributed by atoms with Gasteiger partial charge < -0.3 is 18.6 Å². The number of hydrogen-bond acceptors (Lipinski definition) is 4. The molecule has 0 saturated heterocycles. The molecule has 5 nitrogen and oxygen atoms in total. The molecule has 2 aromatic carbocycles. The molecule has 0 spiro atoms. The highest BCUT2D eigenvalue weighted by atomic mass is 16.5. The molecule has 0 radical (unpaired) electrons. The number of aromatic nitrogens is 2. The van der Waals surface area contributed by atoms with Crippen LogP contribution in [0.25, 0.3) is 22.6 Å². The Labute approximate surface area is 169 Å². The first kappa shape index (κ1) is 17.6. The van der Waals surface area contributed by atoms with Crippen molar-refractivity contribution >= 4 is 0 Å². The molecule has 0 aliphatic heterocycles. The van der Waals surface area contributed by atoms with E-state index in [0.717, 1.165) is 41.2 Å². The summed E-state index contributed by atoms with van der Waals surface area (Å²) < 4.78 is 18.9. The maximum Gasteiger partial charge on any atom is 0.171 e. The zero-order valence-electron chi connectivity index (χ0n) is 16.5. The third kappa shape index (κ3) is 2.99. The minimum atomic E-state index is 0.668. The zero-order chi connectivity index (χ0) is 19.8.